The van der Waals surface area contributed by atoms with Gasteiger partial charge in [0.15, 0.2) is 5.82 Å². The van der Waals surface area contributed by atoms with Crippen molar-refractivity contribution in [2.45, 2.75) is 26.8 Å². The standard InChI is InChI=1S/C14H20ClN5O/c1-10(2)9-21-7-3-6-20-14(17-18-19-20)11-4-5-13(16)12(15)8-11/h4-5,8,10H,3,6-7,9,16H2,1-2H3. The summed E-state index contributed by atoms with van der Waals surface area (Å²) >= 11 is 6.04. The third-order valence-corrected chi connectivity index (χ3v) is 3.23. The molecule has 0 spiro atoms. The van der Waals surface area contributed by atoms with Crippen molar-refractivity contribution in [2.75, 3.05) is 18.9 Å². The van der Waals surface area contributed by atoms with Gasteiger partial charge < -0.3 is 10.5 Å². The number of nitrogen functional groups attached to an aromatic ring is 1. The molecule has 2 aromatic rings. The van der Waals surface area contributed by atoms with Crippen LogP contribution in [0.5, 0.6) is 0 Å². The van der Waals surface area contributed by atoms with E-state index in [1.54, 1.807) is 16.8 Å². The van der Waals surface area contributed by atoms with Crippen LogP contribution in [0.2, 0.25) is 5.02 Å². The van der Waals surface area contributed by atoms with Crippen molar-refractivity contribution < 1.29 is 4.74 Å². The first-order chi connectivity index (χ1) is 10.1. The van der Waals surface area contributed by atoms with Crippen LogP contribution in [0.1, 0.15) is 20.3 Å². The van der Waals surface area contributed by atoms with Gasteiger partial charge in [0.25, 0.3) is 0 Å². The van der Waals surface area contributed by atoms with Crippen molar-refractivity contribution in [1.29, 1.82) is 0 Å². The topological polar surface area (TPSA) is 78.8 Å². The molecule has 21 heavy (non-hydrogen) atoms. The van der Waals surface area contributed by atoms with E-state index in [4.69, 9.17) is 22.1 Å². The third-order valence-electron chi connectivity index (χ3n) is 2.90. The van der Waals surface area contributed by atoms with E-state index < -0.39 is 0 Å². The second kappa shape index (κ2) is 7.38. The molecule has 0 aliphatic carbocycles. The Bertz CT molecular complexity index is 584. The Morgan fingerprint density at radius 1 is 1.38 bits per heavy atom. The molecule has 0 radical (unpaired) electrons. The van der Waals surface area contributed by atoms with E-state index in [0.717, 1.165) is 18.6 Å². The average Bonchev–Trinajstić information content (AvgIpc) is 2.89. The SMILES string of the molecule is CC(C)COCCCn1nnnc1-c1ccc(N)c(Cl)c1. The first-order valence-corrected chi connectivity index (χ1v) is 7.35. The molecule has 0 aliphatic heterocycles. The molecular weight excluding hydrogens is 290 g/mol. The molecule has 2 N–H and O–H groups in total. The molecule has 0 saturated heterocycles. The molecule has 1 aromatic heterocycles. The first kappa shape index (κ1) is 15.7. The Morgan fingerprint density at radius 2 is 2.19 bits per heavy atom. The molecule has 1 heterocycles. The number of nitrogens with zero attached hydrogens (tertiary/aromatic N) is 4. The molecule has 0 saturated carbocycles. The van der Waals surface area contributed by atoms with E-state index in [9.17, 15) is 0 Å². The monoisotopic (exact) mass is 309 g/mol. The van der Waals surface area contributed by atoms with Gasteiger partial charge in [-0.3, -0.25) is 0 Å². The minimum absolute atomic E-state index is 0.502. The molecular formula is C14H20ClN5O. The fourth-order valence-electron chi connectivity index (χ4n) is 1.86. The van der Waals surface area contributed by atoms with E-state index in [2.05, 4.69) is 29.4 Å². The molecule has 7 heteroatoms. The van der Waals surface area contributed by atoms with E-state index in [1.165, 1.54) is 0 Å². The van der Waals surface area contributed by atoms with Crippen LogP contribution in [0.15, 0.2) is 18.2 Å². The van der Waals surface area contributed by atoms with Crippen LogP contribution in [0.3, 0.4) is 0 Å². The van der Waals surface area contributed by atoms with Gasteiger partial charge in [-0.1, -0.05) is 25.4 Å². The summed E-state index contributed by atoms with van der Waals surface area (Å²) < 4.78 is 7.30. The lowest BCUT2D eigenvalue weighted by molar-refractivity contribution is 0.105. The summed E-state index contributed by atoms with van der Waals surface area (Å²) in [6.45, 7) is 6.42. The van der Waals surface area contributed by atoms with Gasteiger partial charge in [0.2, 0.25) is 0 Å². The number of nitrogens with two attached hydrogens (primary N) is 1. The maximum atomic E-state index is 6.04. The number of halogens is 1. The highest BCUT2D eigenvalue weighted by molar-refractivity contribution is 6.33. The fourth-order valence-corrected chi connectivity index (χ4v) is 2.04. The van der Waals surface area contributed by atoms with Crippen LogP contribution in [0.25, 0.3) is 11.4 Å². The fraction of sp³-hybridized carbons (Fsp3) is 0.500. The van der Waals surface area contributed by atoms with Gasteiger partial charge in [-0.05, 0) is 41.0 Å². The number of benzene rings is 1. The molecule has 2 rings (SSSR count). The summed E-state index contributed by atoms with van der Waals surface area (Å²) in [5, 5.41) is 12.3. The summed E-state index contributed by atoms with van der Waals surface area (Å²) in [6.07, 6.45) is 0.855. The molecule has 0 unspecified atom stereocenters. The largest absolute Gasteiger partial charge is 0.398 e. The Morgan fingerprint density at radius 3 is 2.90 bits per heavy atom. The molecule has 0 aliphatic rings. The predicted molar refractivity (Wildman–Crippen MR) is 82.9 cm³/mol. The Kier molecular flexibility index (Phi) is 5.52. The zero-order valence-electron chi connectivity index (χ0n) is 12.3. The van der Waals surface area contributed by atoms with Crippen molar-refractivity contribution in [3.8, 4) is 11.4 Å². The summed E-state index contributed by atoms with van der Waals surface area (Å²) in [5.74, 6) is 1.23. The number of ether oxygens (including phenoxy) is 1. The van der Waals surface area contributed by atoms with E-state index in [1.807, 2.05) is 6.07 Å². The lowest BCUT2D eigenvalue weighted by Crippen LogP contribution is -2.08. The van der Waals surface area contributed by atoms with Crippen LogP contribution in [0.4, 0.5) is 5.69 Å². The molecule has 0 amide bonds. The number of hydrogen-bond donors (Lipinski definition) is 1. The van der Waals surface area contributed by atoms with Crippen molar-refractivity contribution in [1.82, 2.24) is 20.2 Å². The molecule has 0 fully saturated rings. The molecule has 1 aromatic carbocycles. The predicted octanol–water partition coefficient (Wildman–Crippen LogP) is 2.64. The number of rotatable bonds is 7. The van der Waals surface area contributed by atoms with Crippen molar-refractivity contribution in [2.24, 2.45) is 5.92 Å². The van der Waals surface area contributed by atoms with Crippen molar-refractivity contribution in [3.63, 3.8) is 0 Å². The van der Waals surface area contributed by atoms with Crippen LogP contribution in [-0.4, -0.2) is 33.4 Å². The highest BCUT2D eigenvalue weighted by Gasteiger charge is 2.10. The van der Waals surface area contributed by atoms with Gasteiger partial charge in [0.05, 0.1) is 10.7 Å². The van der Waals surface area contributed by atoms with Crippen molar-refractivity contribution in [3.05, 3.63) is 23.2 Å². The molecule has 0 atom stereocenters. The van der Waals surface area contributed by atoms with Gasteiger partial charge in [0, 0.05) is 25.3 Å². The van der Waals surface area contributed by atoms with Crippen LogP contribution >= 0.6 is 11.6 Å². The number of aromatic nitrogens is 4. The summed E-state index contributed by atoms with van der Waals surface area (Å²) in [5.41, 5.74) is 7.10. The van der Waals surface area contributed by atoms with E-state index in [0.29, 0.717) is 35.6 Å². The summed E-state index contributed by atoms with van der Waals surface area (Å²) in [7, 11) is 0. The van der Waals surface area contributed by atoms with Gasteiger partial charge >= 0.3 is 0 Å². The zero-order chi connectivity index (χ0) is 15.2. The number of tetrazole rings is 1. The third kappa shape index (κ3) is 4.41. The van der Waals surface area contributed by atoms with Gasteiger partial charge in [-0.2, -0.15) is 0 Å². The highest BCUT2D eigenvalue weighted by atomic mass is 35.5. The highest BCUT2D eigenvalue weighted by Crippen LogP contribution is 2.25. The Labute approximate surface area is 129 Å². The smallest absolute Gasteiger partial charge is 0.182 e. The molecule has 114 valence electrons. The van der Waals surface area contributed by atoms with Gasteiger partial charge in [0.1, 0.15) is 0 Å². The van der Waals surface area contributed by atoms with Gasteiger partial charge in [-0.25, -0.2) is 4.68 Å². The minimum Gasteiger partial charge on any atom is -0.398 e. The number of hydrogen-bond acceptors (Lipinski definition) is 5. The molecule has 6 nitrogen and oxygen atoms in total. The maximum absolute atomic E-state index is 6.04. The maximum Gasteiger partial charge on any atom is 0.182 e. The normalized spacial score (nSPS) is 11.2. The van der Waals surface area contributed by atoms with Crippen LogP contribution in [-0.2, 0) is 11.3 Å². The zero-order valence-corrected chi connectivity index (χ0v) is 13.0. The minimum atomic E-state index is 0.502. The second-order valence-electron chi connectivity index (χ2n) is 5.28. The van der Waals surface area contributed by atoms with Crippen molar-refractivity contribution >= 4 is 17.3 Å². The average molecular weight is 310 g/mol. The second-order valence-corrected chi connectivity index (χ2v) is 5.69. The number of anilines is 1. The van der Waals surface area contributed by atoms with E-state index >= 15 is 0 Å². The molecule has 0 bridgehead atoms. The summed E-state index contributed by atoms with van der Waals surface area (Å²) in [6, 6.07) is 5.38. The Balaban J connectivity index is 1.96. The first-order valence-electron chi connectivity index (χ1n) is 6.97. The quantitative estimate of drug-likeness (QED) is 0.628. The lowest BCUT2D eigenvalue weighted by atomic mass is 10.2. The van der Waals surface area contributed by atoms with E-state index in [-0.39, 0.29) is 0 Å². The van der Waals surface area contributed by atoms with Crippen LogP contribution < -0.4 is 5.73 Å². The number of aryl methyl sites for hydroxylation is 1. The Hall–Kier alpha value is -1.66. The lowest BCUT2D eigenvalue weighted by Gasteiger charge is -2.08. The van der Waals surface area contributed by atoms with Crippen LogP contribution in [0, 0.1) is 5.92 Å². The summed E-state index contributed by atoms with van der Waals surface area (Å²) in [4.78, 5) is 0. The van der Waals surface area contributed by atoms with Gasteiger partial charge in [-0.15, -0.1) is 5.10 Å².